The molecule has 102 valence electrons. The van der Waals surface area contributed by atoms with Crippen LogP contribution in [-0.2, 0) is 19.9 Å². The quantitative estimate of drug-likeness (QED) is 0.634. The number of methoxy groups -OCH3 is 1. The van der Waals surface area contributed by atoms with E-state index >= 15 is 0 Å². The van der Waals surface area contributed by atoms with Crippen LogP contribution in [-0.4, -0.2) is 18.7 Å². The molecular formula is C17H16O3. The molecule has 0 radical (unpaired) electrons. The van der Waals surface area contributed by atoms with E-state index in [1.165, 1.54) is 7.11 Å². The predicted molar refractivity (Wildman–Crippen MR) is 75.2 cm³/mol. The lowest BCUT2D eigenvalue weighted by atomic mass is 9.81. The van der Waals surface area contributed by atoms with Crippen LogP contribution in [0.25, 0.3) is 0 Å². The zero-order valence-corrected chi connectivity index (χ0v) is 11.5. The molecule has 2 aromatic carbocycles. The maximum Gasteiger partial charge on any atom is 0.341 e. The minimum absolute atomic E-state index is 0.356. The van der Waals surface area contributed by atoms with Gasteiger partial charge in [-0.3, -0.25) is 0 Å². The van der Waals surface area contributed by atoms with Gasteiger partial charge in [0, 0.05) is 0 Å². The van der Waals surface area contributed by atoms with Crippen molar-refractivity contribution in [1.82, 2.24) is 0 Å². The molecule has 1 fully saturated rings. The maximum atomic E-state index is 12.1. The second-order valence-electron chi connectivity index (χ2n) is 5.04. The molecule has 1 saturated heterocycles. The number of hydrogen-bond donors (Lipinski definition) is 0. The summed E-state index contributed by atoms with van der Waals surface area (Å²) >= 11 is 0. The van der Waals surface area contributed by atoms with Gasteiger partial charge >= 0.3 is 5.97 Å². The Bertz CT molecular complexity index is 582. The first kappa shape index (κ1) is 12.9. The van der Waals surface area contributed by atoms with Gasteiger partial charge in [0.05, 0.1) is 7.11 Å². The second kappa shape index (κ2) is 4.46. The third kappa shape index (κ3) is 1.60. The Morgan fingerprint density at radius 2 is 1.40 bits per heavy atom. The lowest BCUT2D eigenvalue weighted by molar-refractivity contribution is -0.146. The summed E-state index contributed by atoms with van der Waals surface area (Å²) in [6.07, 6.45) is 0. The maximum absolute atomic E-state index is 12.1. The number of rotatable bonds is 3. The van der Waals surface area contributed by atoms with E-state index in [2.05, 4.69) is 0 Å². The first-order valence-corrected chi connectivity index (χ1v) is 6.55. The Labute approximate surface area is 118 Å². The molecule has 3 heteroatoms. The smallest absolute Gasteiger partial charge is 0.341 e. The molecule has 0 N–H and O–H groups in total. The molecule has 2 aromatic rings. The van der Waals surface area contributed by atoms with Crippen LogP contribution in [0.3, 0.4) is 0 Å². The third-order valence-electron chi connectivity index (χ3n) is 3.92. The van der Waals surface area contributed by atoms with E-state index in [0.29, 0.717) is 0 Å². The summed E-state index contributed by atoms with van der Waals surface area (Å²) in [5, 5.41) is 0. The van der Waals surface area contributed by atoms with Gasteiger partial charge in [-0.05, 0) is 18.1 Å². The molecular weight excluding hydrogens is 252 g/mol. The Kier molecular flexibility index (Phi) is 2.87. The summed E-state index contributed by atoms with van der Waals surface area (Å²) < 4.78 is 10.9. The van der Waals surface area contributed by atoms with Crippen LogP contribution in [0, 0.1) is 0 Å². The predicted octanol–water partition coefficient (Wildman–Crippen LogP) is 2.89. The summed E-state index contributed by atoms with van der Waals surface area (Å²) in [6, 6.07) is 19.6. The van der Waals surface area contributed by atoms with Crippen molar-refractivity contribution >= 4 is 5.97 Å². The number of benzene rings is 2. The van der Waals surface area contributed by atoms with E-state index in [9.17, 15) is 4.79 Å². The lowest BCUT2D eigenvalue weighted by Crippen LogP contribution is -2.31. The zero-order valence-electron chi connectivity index (χ0n) is 11.5. The van der Waals surface area contributed by atoms with Gasteiger partial charge in [-0.1, -0.05) is 60.7 Å². The zero-order chi connectivity index (χ0) is 14.2. The van der Waals surface area contributed by atoms with Crippen LogP contribution < -0.4 is 0 Å². The number of esters is 1. The first-order valence-electron chi connectivity index (χ1n) is 6.55. The highest BCUT2D eigenvalue weighted by Crippen LogP contribution is 2.60. The van der Waals surface area contributed by atoms with Crippen molar-refractivity contribution in [3.63, 3.8) is 0 Å². The van der Waals surface area contributed by atoms with Crippen LogP contribution in [0.1, 0.15) is 18.1 Å². The van der Waals surface area contributed by atoms with Gasteiger partial charge in [0.1, 0.15) is 0 Å². The largest absolute Gasteiger partial charge is 0.467 e. The molecule has 1 atom stereocenters. The molecule has 0 amide bonds. The van der Waals surface area contributed by atoms with Gasteiger partial charge in [0.15, 0.2) is 5.60 Å². The van der Waals surface area contributed by atoms with E-state index in [4.69, 9.17) is 9.47 Å². The van der Waals surface area contributed by atoms with Crippen LogP contribution in [0.15, 0.2) is 60.7 Å². The second-order valence-corrected chi connectivity index (χ2v) is 5.04. The fourth-order valence-electron chi connectivity index (χ4n) is 2.84. The van der Waals surface area contributed by atoms with Crippen molar-refractivity contribution in [1.29, 1.82) is 0 Å². The van der Waals surface area contributed by atoms with Gasteiger partial charge in [-0.2, -0.15) is 0 Å². The number of epoxide rings is 1. The molecule has 1 unspecified atom stereocenters. The van der Waals surface area contributed by atoms with Gasteiger partial charge in [-0.15, -0.1) is 0 Å². The fourth-order valence-corrected chi connectivity index (χ4v) is 2.84. The van der Waals surface area contributed by atoms with Crippen LogP contribution in [0.2, 0.25) is 0 Å². The molecule has 3 rings (SSSR count). The Morgan fingerprint density at radius 3 is 1.80 bits per heavy atom. The minimum atomic E-state index is -0.982. The number of hydrogen-bond acceptors (Lipinski definition) is 3. The molecule has 0 aliphatic carbocycles. The number of carbonyl (C=O) groups excluding carboxylic acids is 1. The Morgan fingerprint density at radius 1 is 0.950 bits per heavy atom. The van der Waals surface area contributed by atoms with Crippen molar-refractivity contribution in [2.24, 2.45) is 0 Å². The van der Waals surface area contributed by atoms with E-state index in [0.717, 1.165) is 11.1 Å². The highest BCUT2D eigenvalue weighted by molar-refractivity contribution is 5.86. The minimum Gasteiger partial charge on any atom is -0.467 e. The number of ether oxygens (including phenoxy) is 2. The van der Waals surface area contributed by atoms with Crippen LogP contribution in [0.5, 0.6) is 0 Å². The van der Waals surface area contributed by atoms with Gasteiger partial charge in [0.2, 0.25) is 5.60 Å². The third-order valence-corrected chi connectivity index (χ3v) is 3.92. The van der Waals surface area contributed by atoms with Crippen molar-refractivity contribution in [3.05, 3.63) is 71.8 Å². The van der Waals surface area contributed by atoms with Gasteiger partial charge < -0.3 is 9.47 Å². The average molecular weight is 268 g/mol. The highest BCUT2D eigenvalue weighted by atomic mass is 16.7. The van der Waals surface area contributed by atoms with E-state index in [1.807, 2.05) is 60.7 Å². The topological polar surface area (TPSA) is 38.8 Å². The molecule has 0 saturated carbocycles. The van der Waals surface area contributed by atoms with Crippen molar-refractivity contribution in [2.75, 3.05) is 7.11 Å². The molecule has 1 aliphatic rings. The van der Waals surface area contributed by atoms with Crippen LogP contribution in [0.4, 0.5) is 0 Å². The Hall–Kier alpha value is -2.13. The van der Waals surface area contributed by atoms with Crippen molar-refractivity contribution < 1.29 is 14.3 Å². The molecule has 0 spiro atoms. The molecule has 3 nitrogen and oxygen atoms in total. The van der Waals surface area contributed by atoms with Crippen molar-refractivity contribution in [2.45, 2.75) is 18.1 Å². The first-order chi connectivity index (χ1) is 9.65. The van der Waals surface area contributed by atoms with E-state index in [1.54, 1.807) is 6.92 Å². The van der Waals surface area contributed by atoms with E-state index in [-0.39, 0.29) is 5.97 Å². The van der Waals surface area contributed by atoms with Gasteiger partial charge in [-0.25, -0.2) is 4.79 Å². The SMILES string of the molecule is COC(=O)C1(C)OC1(c1ccccc1)c1ccccc1. The molecule has 1 aliphatic heterocycles. The molecule has 0 bridgehead atoms. The molecule has 20 heavy (non-hydrogen) atoms. The summed E-state index contributed by atoms with van der Waals surface area (Å²) in [7, 11) is 1.38. The average Bonchev–Trinajstić information content (AvgIpc) is 3.17. The highest BCUT2D eigenvalue weighted by Gasteiger charge is 2.74. The lowest BCUT2D eigenvalue weighted by Gasteiger charge is -2.17. The summed E-state index contributed by atoms with van der Waals surface area (Å²) in [5.74, 6) is -0.356. The van der Waals surface area contributed by atoms with Gasteiger partial charge in [0.25, 0.3) is 0 Å². The molecule has 0 aromatic heterocycles. The summed E-state index contributed by atoms with van der Waals surface area (Å²) in [6.45, 7) is 1.78. The normalized spacial score (nSPS) is 23.1. The standard InChI is InChI=1S/C17H16O3/c1-16(15(18)19-2)17(20-16,13-9-5-3-6-10-13)14-11-7-4-8-12-14/h3-12H,1-2H3. The number of carbonyl (C=O) groups is 1. The van der Waals surface area contributed by atoms with E-state index < -0.39 is 11.2 Å². The summed E-state index contributed by atoms with van der Waals surface area (Å²) in [5.41, 5.74) is 0.172. The molecule has 1 heterocycles. The fraction of sp³-hybridized carbons (Fsp3) is 0.235. The monoisotopic (exact) mass is 268 g/mol. The summed E-state index contributed by atoms with van der Waals surface area (Å²) in [4.78, 5) is 12.1. The Balaban J connectivity index is 2.15. The van der Waals surface area contributed by atoms with Crippen molar-refractivity contribution in [3.8, 4) is 0 Å². The van der Waals surface area contributed by atoms with Crippen LogP contribution >= 0.6 is 0 Å².